The highest BCUT2D eigenvalue weighted by molar-refractivity contribution is 6.04. The quantitative estimate of drug-likeness (QED) is 0.841. The van der Waals surface area contributed by atoms with Crippen LogP contribution in [0.3, 0.4) is 0 Å². The van der Waals surface area contributed by atoms with E-state index in [4.69, 9.17) is 9.47 Å². The van der Waals surface area contributed by atoms with E-state index >= 15 is 0 Å². The SMILES string of the molecule is CC1CN(C(=O)C2=COCCO2)c2ccccc2CN1. The summed E-state index contributed by atoms with van der Waals surface area (Å²) < 4.78 is 10.6. The molecule has 1 unspecified atom stereocenters. The van der Waals surface area contributed by atoms with E-state index in [1.807, 2.05) is 24.3 Å². The maximum Gasteiger partial charge on any atom is 0.296 e. The van der Waals surface area contributed by atoms with Crippen LogP contribution in [-0.2, 0) is 20.8 Å². The fraction of sp³-hybridized carbons (Fsp3) is 0.400. The van der Waals surface area contributed by atoms with Crippen LogP contribution in [0.15, 0.2) is 36.3 Å². The third kappa shape index (κ3) is 2.49. The molecule has 1 atom stereocenters. The second kappa shape index (κ2) is 5.54. The van der Waals surface area contributed by atoms with Gasteiger partial charge in [0.05, 0.1) is 0 Å². The fourth-order valence-electron chi connectivity index (χ4n) is 2.45. The molecule has 0 aliphatic carbocycles. The van der Waals surface area contributed by atoms with Crippen molar-refractivity contribution in [1.82, 2.24) is 5.32 Å². The summed E-state index contributed by atoms with van der Waals surface area (Å²) in [6, 6.07) is 8.15. The molecule has 5 heteroatoms. The van der Waals surface area contributed by atoms with Crippen molar-refractivity contribution in [3.8, 4) is 0 Å². The number of anilines is 1. The zero-order valence-corrected chi connectivity index (χ0v) is 11.5. The highest BCUT2D eigenvalue weighted by Crippen LogP contribution is 2.25. The number of hydrogen-bond acceptors (Lipinski definition) is 4. The van der Waals surface area contributed by atoms with E-state index in [1.165, 1.54) is 6.26 Å². The molecule has 0 spiro atoms. The number of ether oxygens (including phenoxy) is 2. The summed E-state index contributed by atoms with van der Waals surface area (Å²) >= 11 is 0. The van der Waals surface area contributed by atoms with Crippen molar-refractivity contribution >= 4 is 11.6 Å². The van der Waals surface area contributed by atoms with Crippen molar-refractivity contribution in [3.05, 3.63) is 41.9 Å². The second-order valence-electron chi connectivity index (χ2n) is 5.03. The third-order valence-corrected chi connectivity index (χ3v) is 3.48. The molecule has 0 bridgehead atoms. The maximum atomic E-state index is 12.6. The second-order valence-corrected chi connectivity index (χ2v) is 5.03. The number of para-hydroxylation sites is 1. The normalized spacial score (nSPS) is 21.9. The van der Waals surface area contributed by atoms with Gasteiger partial charge in [0.1, 0.15) is 19.5 Å². The van der Waals surface area contributed by atoms with Gasteiger partial charge in [-0.05, 0) is 18.6 Å². The van der Waals surface area contributed by atoms with Crippen LogP contribution in [-0.4, -0.2) is 31.7 Å². The van der Waals surface area contributed by atoms with Crippen LogP contribution in [0.25, 0.3) is 0 Å². The Morgan fingerprint density at radius 2 is 2.20 bits per heavy atom. The summed E-state index contributed by atoms with van der Waals surface area (Å²) in [6.45, 7) is 4.35. The Morgan fingerprint density at radius 1 is 1.35 bits per heavy atom. The van der Waals surface area contributed by atoms with Gasteiger partial charge in [-0.25, -0.2) is 0 Å². The zero-order chi connectivity index (χ0) is 13.9. The summed E-state index contributed by atoms with van der Waals surface area (Å²) in [5, 5.41) is 3.40. The van der Waals surface area contributed by atoms with Gasteiger partial charge < -0.3 is 19.7 Å². The number of hydrogen-bond donors (Lipinski definition) is 1. The molecule has 3 rings (SSSR count). The topological polar surface area (TPSA) is 50.8 Å². The minimum Gasteiger partial charge on any atom is -0.494 e. The maximum absolute atomic E-state index is 12.6. The van der Waals surface area contributed by atoms with Crippen molar-refractivity contribution in [1.29, 1.82) is 0 Å². The van der Waals surface area contributed by atoms with Gasteiger partial charge in [0.25, 0.3) is 5.91 Å². The van der Waals surface area contributed by atoms with Crippen molar-refractivity contribution in [3.63, 3.8) is 0 Å². The molecule has 0 radical (unpaired) electrons. The van der Waals surface area contributed by atoms with Gasteiger partial charge in [-0.3, -0.25) is 4.79 Å². The number of nitrogens with zero attached hydrogens (tertiary/aromatic N) is 1. The first-order valence-corrected chi connectivity index (χ1v) is 6.83. The van der Waals surface area contributed by atoms with Crippen LogP contribution in [0.4, 0.5) is 5.69 Å². The summed E-state index contributed by atoms with van der Waals surface area (Å²) in [4.78, 5) is 14.4. The van der Waals surface area contributed by atoms with E-state index in [2.05, 4.69) is 12.2 Å². The molecular weight excluding hydrogens is 256 g/mol. The number of rotatable bonds is 1. The summed E-state index contributed by atoms with van der Waals surface area (Å²) in [5.74, 6) is 0.132. The van der Waals surface area contributed by atoms with Crippen molar-refractivity contribution in [2.24, 2.45) is 0 Å². The van der Waals surface area contributed by atoms with Crippen LogP contribution in [0.1, 0.15) is 12.5 Å². The molecule has 1 aromatic rings. The molecule has 2 heterocycles. The van der Waals surface area contributed by atoms with Crippen molar-refractivity contribution in [2.75, 3.05) is 24.7 Å². The predicted molar refractivity (Wildman–Crippen MR) is 75.1 cm³/mol. The lowest BCUT2D eigenvalue weighted by Crippen LogP contribution is -2.41. The lowest BCUT2D eigenvalue weighted by atomic mass is 10.1. The Balaban J connectivity index is 1.94. The number of carbonyl (C=O) groups excluding carboxylic acids is 1. The molecule has 106 valence electrons. The molecule has 2 aliphatic rings. The lowest BCUT2D eigenvalue weighted by Gasteiger charge is -2.26. The molecule has 20 heavy (non-hydrogen) atoms. The van der Waals surface area contributed by atoms with Gasteiger partial charge in [-0.1, -0.05) is 18.2 Å². The van der Waals surface area contributed by atoms with Gasteiger partial charge in [-0.15, -0.1) is 0 Å². The molecule has 1 aromatic carbocycles. The number of fused-ring (bicyclic) bond motifs is 1. The van der Waals surface area contributed by atoms with Crippen LogP contribution in [0.2, 0.25) is 0 Å². The van der Waals surface area contributed by atoms with Crippen LogP contribution >= 0.6 is 0 Å². The first-order chi connectivity index (χ1) is 9.75. The Hall–Kier alpha value is -2.01. The minimum absolute atomic E-state index is 0.146. The number of carbonyl (C=O) groups is 1. The third-order valence-electron chi connectivity index (χ3n) is 3.48. The zero-order valence-electron chi connectivity index (χ0n) is 11.5. The predicted octanol–water partition coefficient (Wildman–Crippen LogP) is 1.40. The Bertz CT molecular complexity index is 542. The van der Waals surface area contributed by atoms with Crippen molar-refractivity contribution < 1.29 is 14.3 Å². The van der Waals surface area contributed by atoms with E-state index in [0.717, 1.165) is 17.8 Å². The molecule has 0 saturated carbocycles. The van der Waals surface area contributed by atoms with Crippen molar-refractivity contribution in [2.45, 2.75) is 19.5 Å². The van der Waals surface area contributed by atoms with E-state index in [9.17, 15) is 4.79 Å². The van der Waals surface area contributed by atoms with Crippen LogP contribution in [0, 0.1) is 0 Å². The molecule has 2 aliphatic heterocycles. The molecule has 1 N–H and O–H groups in total. The average Bonchev–Trinajstić information content (AvgIpc) is 2.67. The first-order valence-electron chi connectivity index (χ1n) is 6.83. The average molecular weight is 274 g/mol. The Kier molecular flexibility index (Phi) is 3.60. The highest BCUT2D eigenvalue weighted by Gasteiger charge is 2.28. The van der Waals surface area contributed by atoms with E-state index in [1.54, 1.807) is 4.90 Å². The van der Waals surface area contributed by atoms with Crippen LogP contribution < -0.4 is 10.2 Å². The summed E-state index contributed by atoms with van der Waals surface area (Å²) in [7, 11) is 0. The smallest absolute Gasteiger partial charge is 0.296 e. The molecule has 0 aromatic heterocycles. The van der Waals surface area contributed by atoms with Gasteiger partial charge in [0.2, 0.25) is 5.76 Å². The largest absolute Gasteiger partial charge is 0.494 e. The molecule has 1 amide bonds. The van der Waals surface area contributed by atoms with Gasteiger partial charge in [-0.2, -0.15) is 0 Å². The van der Waals surface area contributed by atoms with E-state index in [0.29, 0.717) is 19.8 Å². The van der Waals surface area contributed by atoms with Crippen LogP contribution in [0.5, 0.6) is 0 Å². The fourth-order valence-corrected chi connectivity index (χ4v) is 2.45. The molecule has 5 nitrogen and oxygen atoms in total. The number of benzene rings is 1. The molecule has 0 fully saturated rings. The highest BCUT2D eigenvalue weighted by atomic mass is 16.6. The molecular formula is C15H18N2O3. The minimum atomic E-state index is -0.146. The lowest BCUT2D eigenvalue weighted by molar-refractivity contribution is -0.119. The summed E-state index contributed by atoms with van der Waals surface area (Å²) in [6.07, 6.45) is 1.41. The van der Waals surface area contributed by atoms with E-state index in [-0.39, 0.29) is 17.7 Å². The molecule has 0 saturated heterocycles. The number of nitrogens with one attached hydrogen (secondary N) is 1. The number of amides is 1. The standard InChI is InChI=1S/C15H18N2O3/c1-11-9-17(15(18)14-10-19-6-7-20-14)13-5-3-2-4-12(13)8-16-11/h2-5,10-11,16H,6-9H2,1H3. The van der Waals surface area contributed by atoms with Gasteiger partial charge in [0, 0.05) is 24.8 Å². The van der Waals surface area contributed by atoms with E-state index < -0.39 is 0 Å². The first kappa shape index (κ1) is 13.0. The van der Waals surface area contributed by atoms with Gasteiger partial charge >= 0.3 is 0 Å². The monoisotopic (exact) mass is 274 g/mol. The van der Waals surface area contributed by atoms with Gasteiger partial charge in [0.15, 0.2) is 0 Å². The Labute approximate surface area is 118 Å². The summed E-state index contributed by atoms with van der Waals surface area (Å²) in [5.41, 5.74) is 2.05. The Morgan fingerprint density at radius 3 is 3.00 bits per heavy atom.